The molecule has 6 rings (SSSR count). The van der Waals surface area contributed by atoms with E-state index in [9.17, 15) is 10.2 Å². The van der Waals surface area contributed by atoms with Gasteiger partial charge in [-0.25, -0.2) is 4.98 Å². The Balaban J connectivity index is 1.24. The van der Waals surface area contributed by atoms with E-state index in [1.807, 2.05) is 25.3 Å². The Hall–Kier alpha value is -1.63. The number of methoxy groups -OCH3 is 2. The van der Waals surface area contributed by atoms with Crippen LogP contribution < -0.4 is 4.74 Å². The van der Waals surface area contributed by atoms with Crippen LogP contribution in [0.15, 0.2) is 22.6 Å². The number of oxazole rings is 1. The van der Waals surface area contributed by atoms with Gasteiger partial charge in [0.05, 0.1) is 25.4 Å². The Morgan fingerprint density at radius 1 is 1.08 bits per heavy atom. The van der Waals surface area contributed by atoms with Crippen LogP contribution in [-0.4, -0.2) is 47.7 Å². The topological polar surface area (TPSA) is 85.0 Å². The maximum Gasteiger partial charge on any atom is 0.196 e. The molecule has 1 aromatic heterocycles. The number of benzene rings is 1. The number of aryl methyl sites for hydroxylation is 1. The molecule has 0 aliphatic heterocycles. The Labute approximate surface area is 233 Å². The van der Waals surface area contributed by atoms with Crippen LogP contribution in [0.25, 0.3) is 11.1 Å². The van der Waals surface area contributed by atoms with Crippen LogP contribution in [0.4, 0.5) is 0 Å². The van der Waals surface area contributed by atoms with Crippen LogP contribution >= 0.6 is 0 Å². The maximum absolute atomic E-state index is 11.7. The zero-order valence-electron chi connectivity index (χ0n) is 24.6. The van der Waals surface area contributed by atoms with Gasteiger partial charge in [0.25, 0.3) is 0 Å². The van der Waals surface area contributed by atoms with Gasteiger partial charge in [-0.15, -0.1) is 0 Å². The second-order valence-corrected chi connectivity index (χ2v) is 13.9. The number of para-hydroxylation sites is 1. The summed E-state index contributed by atoms with van der Waals surface area (Å²) in [6.07, 6.45) is 9.80. The van der Waals surface area contributed by atoms with Gasteiger partial charge < -0.3 is 24.1 Å². The fraction of sp³-hybridized carbons (Fsp3) is 0.788. The van der Waals surface area contributed by atoms with Crippen molar-refractivity contribution < 1.29 is 24.1 Å². The lowest BCUT2D eigenvalue weighted by Gasteiger charge is -2.64. The molecule has 4 fully saturated rings. The van der Waals surface area contributed by atoms with Gasteiger partial charge in [-0.3, -0.25) is 0 Å². The van der Waals surface area contributed by atoms with E-state index in [2.05, 4.69) is 20.8 Å². The number of aromatic nitrogens is 1. The molecule has 0 saturated heterocycles. The summed E-state index contributed by atoms with van der Waals surface area (Å²) in [5, 5.41) is 22.1. The molecule has 39 heavy (non-hydrogen) atoms. The molecule has 0 spiro atoms. The minimum atomic E-state index is -0.269. The fourth-order valence-corrected chi connectivity index (χ4v) is 10.5. The zero-order chi connectivity index (χ0) is 27.5. The number of rotatable bonds is 7. The van der Waals surface area contributed by atoms with E-state index in [0.717, 1.165) is 74.1 Å². The number of hydrogen-bond donors (Lipinski definition) is 2. The lowest BCUT2D eigenvalue weighted by molar-refractivity contribution is -0.213. The summed E-state index contributed by atoms with van der Waals surface area (Å²) in [5.74, 6) is 4.34. The quantitative estimate of drug-likeness (QED) is 0.423. The molecule has 2 aromatic rings. The predicted octanol–water partition coefficient (Wildman–Crippen LogP) is 6.41. The average molecular weight is 540 g/mol. The number of nitrogens with zero attached hydrogens (tertiary/aromatic N) is 1. The van der Waals surface area contributed by atoms with Crippen LogP contribution in [0.1, 0.15) is 84.4 Å². The minimum absolute atomic E-state index is 0.0550. The molecule has 11 atom stereocenters. The van der Waals surface area contributed by atoms with Gasteiger partial charge in [-0.2, -0.15) is 0 Å². The van der Waals surface area contributed by atoms with Crippen molar-refractivity contribution in [1.29, 1.82) is 0 Å². The third-order valence-corrected chi connectivity index (χ3v) is 12.6. The molecule has 216 valence electrons. The third kappa shape index (κ3) is 4.26. The molecule has 4 saturated carbocycles. The third-order valence-electron chi connectivity index (χ3n) is 12.6. The molecular weight excluding hydrogens is 490 g/mol. The van der Waals surface area contributed by atoms with Gasteiger partial charge in [0.15, 0.2) is 17.2 Å². The van der Waals surface area contributed by atoms with Crippen molar-refractivity contribution in [3.8, 4) is 5.75 Å². The van der Waals surface area contributed by atoms with Gasteiger partial charge in [-0.05, 0) is 104 Å². The lowest BCUT2D eigenvalue weighted by Crippen LogP contribution is -2.62. The second kappa shape index (κ2) is 10.3. The van der Waals surface area contributed by atoms with E-state index < -0.39 is 0 Å². The van der Waals surface area contributed by atoms with E-state index in [1.54, 1.807) is 7.11 Å². The minimum Gasteiger partial charge on any atom is -0.493 e. The van der Waals surface area contributed by atoms with Crippen LogP contribution in [0.3, 0.4) is 0 Å². The van der Waals surface area contributed by atoms with Crippen molar-refractivity contribution in [2.24, 2.45) is 46.3 Å². The van der Waals surface area contributed by atoms with Crippen LogP contribution in [-0.2, 0) is 11.2 Å². The molecule has 6 heteroatoms. The number of hydrogen-bond acceptors (Lipinski definition) is 6. The molecule has 0 amide bonds. The Morgan fingerprint density at radius 3 is 2.64 bits per heavy atom. The summed E-state index contributed by atoms with van der Waals surface area (Å²) >= 11 is 0. The highest BCUT2D eigenvalue weighted by Crippen LogP contribution is 2.69. The lowest BCUT2D eigenvalue weighted by atomic mass is 9.43. The molecule has 4 aliphatic rings. The summed E-state index contributed by atoms with van der Waals surface area (Å²) in [4.78, 5) is 4.78. The summed E-state index contributed by atoms with van der Waals surface area (Å²) < 4.78 is 18.1. The van der Waals surface area contributed by atoms with Crippen molar-refractivity contribution in [3.05, 3.63) is 24.1 Å². The van der Waals surface area contributed by atoms with Gasteiger partial charge >= 0.3 is 0 Å². The smallest absolute Gasteiger partial charge is 0.196 e. The molecule has 6 nitrogen and oxygen atoms in total. The first-order valence-electron chi connectivity index (χ1n) is 15.6. The standard InChI is InChI=1S/C33H49NO5/c1-6-19(10-13-29-34-25-8-7-9-27(37-4)31(25)39-29)22-11-12-23-30-24(18-28(38-5)33(22,23)3)32(2)15-14-21(35)16-20(32)17-26(30)36/h7-9,19-24,26,28,30,35-36H,6,10-18H2,1-5H3/t19?,20-,21+,22+,23-,24-,26+,28-,30-,32-,33+/m0/s1. The molecular formula is C33H49NO5. The van der Waals surface area contributed by atoms with Gasteiger partial charge in [0.2, 0.25) is 0 Å². The maximum atomic E-state index is 11.7. The molecule has 1 unspecified atom stereocenters. The van der Waals surface area contributed by atoms with Crippen LogP contribution in [0.5, 0.6) is 5.75 Å². The van der Waals surface area contributed by atoms with Crippen molar-refractivity contribution in [2.45, 2.75) is 103 Å². The summed E-state index contributed by atoms with van der Waals surface area (Å²) in [6, 6.07) is 5.87. The highest BCUT2D eigenvalue weighted by Gasteiger charge is 2.66. The fourth-order valence-electron chi connectivity index (χ4n) is 10.5. The molecule has 1 aromatic carbocycles. The Bertz CT molecular complexity index is 1160. The van der Waals surface area contributed by atoms with Gasteiger partial charge in [0.1, 0.15) is 5.52 Å². The highest BCUT2D eigenvalue weighted by atomic mass is 16.5. The molecule has 0 radical (unpaired) electrons. The van der Waals surface area contributed by atoms with E-state index in [0.29, 0.717) is 35.5 Å². The Kier molecular flexibility index (Phi) is 7.29. The van der Waals surface area contributed by atoms with Crippen molar-refractivity contribution in [1.82, 2.24) is 4.98 Å². The summed E-state index contributed by atoms with van der Waals surface area (Å²) in [7, 11) is 3.59. The SMILES string of the molecule is CCC(CCc1nc2cccc(OC)c2o1)[C@H]1CC[C@H]2[C@@H]3[C@H](O)C[C@@H]4C[C@H](O)CC[C@]4(C)[C@H]3C[C@H](OC)[C@]12C. The summed E-state index contributed by atoms with van der Waals surface area (Å²) in [5.41, 5.74) is 1.84. The zero-order valence-corrected chi connectivity index (χ0v) is 24.6. The monoisotopic (exact) mass is 539 g/mol. The first kappa shape index (κ1) is 27.5. The molecule has 0 bridgehead atoms. The first-order valence-corrected chi connectivity index (χ1v) is 15.6. The number of ether oxygens (including phenoxy) is 2. The van der Waals surface area contributed by atoms with Gasteiger partial charge in [0, 0.05) is 18.9 Å². The second-order valence-electron chi connectivity index (χ2n) is 13.9. The van der Waals surface area contributed by atoms with E-state index in [4.69, 9.17) is 18.9 Å². The van der Waals surface area contributed by atoms with Gasteiger partial charge in [-0.1, -0.05) is 33.3 Å². The van der Waals surface area contributed by atoms with Crippen LogP contribution in [0.2, 0.25) is 0 Å². The van der Waals surface area contributed by atoms with E-state index in [1.165, 1.54) is 12.8 Å². The molecule has 2 N–H and O–H groups in total. The summed E-state index contributed by atoms with van der Waals surface area (Å²) in [6.45, 7) is 7.30. The number of fused-ring (bicyclic) bond motifs is 6. The first-order chi connectivity index (χ1) is 18.7. The van der Waals surface area contributed by atoms with Crippen molar-refractivity contribution in [3.63, 3.8) is 0 Å². The highest BCUT2D eigenvalue weighted by molar-refractivity contribution is 5.79. The van der Waals surface area contributed by atoms with Crippen LogP contribution in [0, 0.1) is 46.3 Å². The Morgan fingerprint density at radius 2 is 1.90 bits per heavy atom. The average Bonchev–Trinajstić information content (AvgIpc) is 3.51. The van der Waals surface area contributed by atoms with Crippen molar-refractivity contribution >= 4 is 11.1 Å². The molecule has 4 aliphatic carbocycles. The normalized spacial score (nSPS) is 42.5. The van der Waals surface area contributed by atoms with Crippen molar-refractivity contribution in [2.75, 3.05) is 14.2 Å². The number of aliphatic hydroxyl groups is 2. The number of aliphatic hydroxyl groups excluding tert-OH is 2. The van der Waals surface area contributed by atoms with E-state index in [-0.39, 0.29) is 29.1 Å². The largest absolute Gasteiger partial charge is 0.493 e. The molecule has 1 heterocycles. The predicted molar refractivity (Wildman–Crippen MR) is 151 cm³/mol. The van der Waals surface area contributed by atoms with E-state index >= 15 is 0 Å².